The van der Waals surface area contributed by atoms with Crippen LogP contribution in [0.1, 0.15) is 39.2 Å². The summed E-state index contributed by atoms with van der Waals surface area (Å²) in [5.41, 5.74) is 0.795. The fourth-order valence-corrected chi connectivity index (χ4v) is 3.45. The Kier molecular flexibility index (Phi) is 7.38. The lowest BCUT2D eigenvalue weighted by atomic mass is 10.1. The number of ether oxygens (including phenoxy) is 2. The van der Waals surface area contributed by atoms with Gasteiger partial charge in [-0.1, -0.05) is 20.3 Å². The number of aryl methyl sites for hydroxylation is 1. The Balaban J connectivity index is 2.97. The van der Waals surface area contributed by atoms with Crippen molar-refractivity contribution in [2.24, 2.45) is 0 Å². The van der Waals surface area contributed by atoms with Crippen LogP contribution in [0.3, 0.4) is 0 Å². The van der Waals surface area contributed by atoms with Gasteiger partial charge in [0, 0.05) is 0 Å². The molecular weight excluding hydrogens is 304 g/mol. The van der Waals surface area contributed by atoms with Gasteiger partial charge < -0.3 is 9.47 Å². The van der Waals surface area contributed by atoms with Crippen LogP contribution in [0.2, 0.25) is 0 Å². The van der Waals surface area contributed by atoms with Crippen LogP contribution >= 0.6 is 0 Å². The summed E-state index contributed by atoms with van der Waals surface area (Å²) in [5, 5.41) is 0. The van der Waals surface area contributed by atoms with Crippen LogP contribution < -0.4 is 4.74 Å². The number of hydrogen-bond donors (Lipinski definition) is 0. The first-order chi connectivity index (χ1) is 10.4. The molecule has 124 valence electrons. The number of carbonyl (C=O) groups excluding carboxylic acids is 1. The molecular formula is C16H24O5S. The number of hydrogen-bond acceptors (Lipinski definition) is 5. The third-order valence-corrected chi connectivity index (χ3v) is 4.95. The monoisotopic (exact) mass is 328 g/mol. The predicted octanol–water partition coefficient (Wildman–Crippen LogP) is 2.76. The second-order valence-corrected chi connectivity index (χ2v) is 7.04. The third-order valence-electron chi connectivity index (χ3n) is 3.03. The van der Waals surface area contributed by atoms with Crippen LogP contribution in [0.5, 0.6) is 5.75 Å². The molecule has 0 N–H and O–H groups in total. The van der Waals surface area contributed by atoms with Gasteiger partial charge in [0.25, 0.3) is 0 Å². The lowest BCUT2D eigenvalue weighted by molar-refractivity contribution is -0.145. The van der Waals surface area contributed by atoms with Crippen molar-refractivity contribution in [3.63, 3.8) is 0 Å². The Morgan fingerprint density at radius 3 is 2.45 bits per heavy atom. The quantitative estimate of drug-likeness (QED) is 0.652. The maximum absolute atomic E-state index is 12.1. The first-order valence-corrected chi connectivity index (χ1v) is 9.23. The molecule has 0 heterocycles. The SMILES string of the molecule is CCCc1cc(S(=O)(=O)CCC)ccc1OCC(=O)OCC. The van der Waals surface area contributed by atoms with Crippen LogP contribution in [0, 0.1) is 0 Å². The average Bonchev–Trinajstić information content (AvgIpc) is 2.46. The minimum atomic E-state index is -3.25. The van der Waals surface area contributed by atoms with Gasteiger partial charge in [0.2, 0.25) is 0 Å². The topological polar surface area (TPSA) is 69.7 Å². The zero-order valence-corrected chi connectivity index (χ0v) is 14.2. The molecule has 0 unspecified atom stereocenters. The number of sulfone groups is 1. The van der Waals surface area contributed by atoms with Gasteiger partial charge >= 0.3 is 5.97 Å². The van der Waals surface area contributed by atoms with Gasteiger partial charge in [0.1, 0.15) is 5.75 Å². The van der Waals surface area contributed by atoms with Gasteiger partial charge in [0.05, 0.1) is 17.3 Å². The summed E-state index contributed by atoms with van der Waals surface area (Å²) in [6, 6.07) is 4.80. The summed E-state index contributed by atoms with van der Waals surface area (Å²) in [7, 11) is -3.25. The van der Waals surface area contributed by atoms with Gasteiger partial charge in [-0.2, -0.15) is 0 Å². The van der Waals surface area contributed by atoms with Gasteiger partial charge in [-0.05, 0) is 43.5 Å². The van der Waals surface area contributed by atoms with Crippen molar-refractivity contribution in [2.75, 3.05) is 19.0 Å². The van der Waals surface area contributed by atoms with Crippen LogP contribution in [-0.2, 0) is 25.8 Å². The molecule has 6 heteroatoms. The average molecular weight is 328 g/mol. The van der Waals surface area contributed by atoms with Crippen LogP contribution in [0.25, 0.3) is 0 Å². The van der Waals surface area contributed by atoms with E-state index in [4.69, 9.17) is 9.47 Å². The second kappa shape index (κ2) is 8.78. The van der Waals surface area contributed by atoms with Crippen molar-refractivity contribution in [3.05, 3.63) is 23.8 Å². The normalized spacial score (nSPS) is 11.2. The standard InChI is InChI=1S/C16H24O5S/c1-4-7-13-11-14(22(18,19)10-5-2)8-9-15(13)21-12-16(17)20-6-3/h8-9,11H,4-7,10,12H2,1-3H3. The fraction of sp³-hybridized carbons (Fsp3) is 0.562. The zero-order chi connectivity index (χ0) is 16.6. The number of benzene rings is 1. The van der Waals surface area contributed by atoms with E-state index in [-0.39, 0.29) is 12.4 Å². The highest BCUT2D eigenvalue weighted by Gasteiger charge is 2.16. The number of rotatable bonds is 9. The smallest absolute Gasteiger partial charge is 0.344 e. The van der Waals surface area contributed by atoms with Crippen molar-refractivity contribution in [3.8, 4) is 5.75 Å². The Labute approximate surface area is 132 Å². The first-order valence-electron chi connectivity index (χ1n) is 7.58. The molecule has 5 nitrogen and oxygen atoms in total. The van der Waals surface area contributed by atoms with Crippen LogP contribution in [0.15, 0.2) is 23.1 Å². The minimum absolute atomic E-state index is 0.127. The van der Waals surface area contributed by atoms with E-state index in [1.54, 1.807) is 19.1 Å². The van der Waals surface area contributed by atoms with E-state index < -0.39 is 15.8 Å². The molecule has 0 aliphatic rings. The van der Waals surface area contributed by atoms with Crippen molar-refractivity contribution in [1.29, 1.82) is 0 Å². The molecule has 0 fully saturated rings. The lowest BCUT2D eigenvalue weighted by Crippen LogP contribution is -2.15. The maximum Gasteiger partial charge on any atom is 0.344 e. The van der Waals surface area contributed by atoms with Crippen molar-refractivity contribution in [2.45, 2.75) is 44.9 Å². The van der Waals surface area contributed by atoms with E-state index in [1.807, 2.05) is 13.8 Å². The molecule has 1 aromatic rings. The summed E-state index contributed by atoms with van der Waals surface area (Å²) in [6.07, 6.45) is 2.12. The Hall–Kier alpha value is -1.56. The molecule has 0 aromatic heterocycles. The predicted molar refractivity (Wildman–Crippen MR) is 84.9 cm³/mol. The Bertz CT molecular complexity index is 593. The summed E-state index contributed by atoms with van der Waals surface area (Å²) in [5.74, 6) is 0.222. The molecule has 0 amide bonds. The van der Waals surface area contributed by atoms with E-state index in [1.165, 1.54) is 6.07 Å². The summed E-state index contributed by atoms with van der Waals surface area (Å²) < 4.78 is 34.5. The molecule has 0 bridgehead atoms. The first kappa shape index (κ1) is 18.5. The maximum atomic E-state index is 12.1. The molecule has 0 spiro atoms. The zero-order valence-electron chi connectivity index (χ0n) is 13.4. The van der Waals surface area contributed by atoms with Gasteiger partial charge in [-0.25, -0.2) is 13.2 Å². The summed E-state index contributed by atoms with van der Waals surface area (Å²) in [4.78, 5) is 11.7. The van der Waals surface area contributed by atoms with Crippen molar-refractivity contribution < 1.29 is 22.7 Å². The highest BCUT2D eigenvalue weighted by molar-refractivity contribution is 7.91. The van der Waals surface area contributed by atoms with Crippen molar-refractivity contribution >= 4 is 15.8 Å². The van der Waals surface area contributed by atoms with Gasteiger partial charge in [-0.15, -0.1) is 0 Å². The van der Waals surface area contributed by atoms with Gasteiger partial charge in [-0.3, -0.25) is 0 Å². The van der Waals surface area contributed by atoms with Crippen molar-refractivity contribution in [1.82, 2.24) is 0 Å². The second-order valence-electron chi connectivity index (χ2n) is 4.93. The Morgan fingerprint density at radius 2 is 1.86 bits per heavy atom. The molecule has 1 rings (SSSR count). The highest BCUT2D eigenvalue weighted by Crippen LogP contribution is 2.25. The highest BCUT2D eigenvalue weighted by atomic mass is 32.2. The van der Waals surface area contributed by atoms with E-state index in [0.717, 1.165) is 12.0 Å². The molecule has 0 atom stereocenters. The largest absolute Gasteiger partial charge is 0.482 e. The van der Waals surface area contributed by atoms with Crippen LogP contribution in [-0.4, -0.2) is 33.4 Å². The van der Waals surface area contributed by atoms with E-state index in [9.17, 15) is 13.2 Å². The molecule has 1 aromatic carbocycles. The fourth-order valence-electron chi connectivity index (χ4n) is 2.08. The molecule has 0 radical (unpaired) electrons. The van der Waals surface area contributed by atoms with E-state index in [0.29, 0.717) is 30.1 Å². The molecule has 22 heavy (non-hydrogen) atoms. The number of esters is 1. The van der Waals surface area contributed by atoms with Gasteiger partial charge in [0.15, 0.2) is 16.4 Å². The third kappa shape index (κ3) is 5.33. The van der Waals surface area contributed by atoms with E-state index >= 15 is 0 Å². The summed E-state index contributed by atoms with van der Waals surface area (Å²) >= 11 is 0. The molecule has 0 saturated heterocycles. The minimum Gasteiger partial charge on any atom is -0.482 e. The molecule has 0 saturated carbocycles. The lowest BCUT2D eigenvalue weighted by Gasteiger charge is -2.12. The number of carbonyl (C=O) groups is 1. The summed E-state index contributed by atoms with van der Waals surface area (Å²) in [6.45, 7) is 5.70. The Morgan fingerprint density at radius 1 is 1.14 bits per heavy atom. The van der Waals surface area contributed by atoms with E-state index in [2.05, 4.69) is 0 Å². The molecule has 0 aliphatic carbocycles. The molecule has 0 aliphatic heterocycles. The van der Waals surface area contributed by atoms with Crippen LogP contribution in [0.4, 0.5) is 0 Å².